The Balaban J connectivity index is 1.77. The molecule has 0 bridgehead atoms. The highest BCUT2D eigenvalue weighted by molar-refractivity contribution is 7.24. The maximum atomic E-state index is 5.96. The summed E-state index contributed by atoms with van der Waals surface area (Å²) in [5.74, 6) is 1.33. The standard InChI is InChI=1S/C12H13N5OS2/c13-8-3-6-19-9(8)11-16-17-10(14-15-12(17)20-11)7-1-4-18-5-2-7/h3,6-7H,1-2,4-5,13H2. The Hall–Kier alpha value is -1.51. The summed E-state index contributed by atoms with van der Waals surface area (Å²) in [6.45, 7) is 1.57. The average Bonchev–Trinajstić information content (AvgIpc) is 3.13. The number of hydrogen-bond acceptors (Lipinski definition) is 7. The van der Waals surface area contributed by atoms with Gasteiger partial charge in [0.2, 0.25) is 4.96 Å². The summed E-state index contributed by atoms with van der Waals surface area (Å²) in [5, 5.41) is 16.1. The number of anilines is 1. The predicted octanol–water partition coefficient (Wildman–Crippen LogP) is 2.39. The third kappa shape index (κ3) is 1.91. The van der Waals surface area contributed by atoms with Crippen LogP contribution in [0.1, 0.15) is 24.6 Å². The Bertz CT molecular complexity index is 740. The van der Waals surface area contributed by atoms with Gasteiger partial charge in [-0.25, -0.2) is 0 Å². The molecule has 3 aromatic heterocycles. The number of rotatable bonds is 2. The summed E-state index contributed by atoms with van der Waals surface area (Å²) in [5.41, 5.74) is 6.73. The minimum atomic E-state index is 0.384. The van der Waals surface area contributed by atoms with Crippen molar-refractivity contribution < 1.29 is 4.74 Å². The zero-order valence-corrected chi connectivity index (χ0v) is 12.3. The molecule has 0 aromatic carbocycles. The van der Waals surface area contributed by atoms with Crippen LogP contribution in [-0.4, -0.2) is 33.0 Å². The molecule has 2 N–H and O–H groups in total. The number of thiophene rings is 1. The number of hydrogen-bond donors (Lipinski definition) is 1. The Labute approximate surface area is 123 Å². The van der Waals surface area contributed by atoms with Crippen LogP contribution in [0, 0.1) is 0 Å². The van der Waals surface area contributed by atoms with Gasteiger partial charge in [-0.15, -0.1) is 21.5 Å². The van der Waals surface area contributed by atoms with Crippen molar-refractivity contribution in [3.05, 3.63) is 17.3 Å². The van der Waals surface area contributed by atoms with Crippen LogP contribution in [0.3, 0.4) is 0 Å². The van der Waals surface area contributed by atoms with Crippen molar-refractivity contribution in [2.24, 2.45) is 0 Å². The summed E-state index contributed by atoms with van der Waals surface area (Å²) in [4.78, 5) is 1.84. The van der Waals surface area contributed by atoms with Gasteiger partial charge in [0, 0.05) is 19.1 Å². The molecule has 0 unspecified atom stereocenters. The second kappa shape index (κ2) is 4.80. The average molecular weight is 307 g/mol. The fraction of sp³-hybridized carbons (Fsp3) is 0.417. The highest BCUT2D eigenvalue weighted by atomic mass is 32.1. The van der Waals surface area contributed by atoms with Gasteiger partial charge in [0.05, 0.1) is 10.6 Å². The molecule has 1 saturated heterocycles. The van der Waals surface area contributed by atoms with Crippen molar-refractivity contribution in [1.29, 1.82) is 0 Å². The number of aromatic nitrogens is 4. The minimum absolute atomic E-state index is 0.384. The Morgan fingerprint density at radius 3 is 2.90 bits per heavy atom. The molecule has 0 atom stereocenters. The van der Waals surface area contributed by atoms with Crippen molar-refractivity contribution in [2.45, 2.75) is 18.8 Å². The molecule has 0 saturated carbocycles. The van der Waals surface area contributed by atoms with E-state index in [4.69, 9.17) is 10.5 Å². The second-order valence-corrected chi connectivity index (χ2v) is 6.62. The zero-order valence-electron chi connectivity index (χ0n) is 10.7. The normalized spacial score (nSPS) is 17.0. The van der Waals surface area contributed by atoms with E-state index in [-0.39, 0.29) is 0 Å². The molecule has 3 aromatic rings. The molecule has 1 fully saturated rings. The van der Waals surface area contributed by atoms with E-state index < -0.39 is 0 Å². The molecule has 0 amide bonds. The first-order valence-electron chi connectivity index (χ1n) is 6.46. The fourth-order valence-corrected chi connectivity index (χ4v) is 4.20. The molecular formula is C12H13N5OS2. The number of ether oxygens (including phenoxy) is 1. The van der Waals surface area contributed by atoms with E-state index in [0.717, 1.165) is 52.4 Å². The molecule has 104 valence electrons. The zero-order chi connectivity index (χ0) is 13.5. The van der Waals surface area contributed by atoms with Gasteiger partial charge in [0.15, 0.2) is 10.8 Å². The van der Waals surface area contributed by atoms with Crippen molar-refractivity contribution in [3.63, 3.8) is 0 Å². The molecular weight excluding hydrogens is 294 g/mol. The third-order valence-electron chi connectivity index (χ3n) is 3.49. The molecule has 0 spiro atoms. The lowest BCUT2D eigenvalue weighted by Crippen LogP contribution is -2.16. The highest BCUT2D eigenvalue weighted by Crippen LogP contribution is 2.35. The van der Waals surface area contributed by atoms with E-state index >= 15 is 0 Å². The number of nitrogens with zero attached hydrogens (tertiary/aromatic N) is 4. The van der Waals surface area contributed by atoms with Gasteiger partial charge in [-0.3, -0.25) is 0 Å². The fourth-order valence-electron chi connectivity index (χ4n) is 2.43. The van der Waals surface area contributed by atoms with Gasteiger partial charge in [-0.05, 0) is 24.3 Å². The van der Waals surface area contributed by atoms with Crippen LogP contribution < -0.4 is 5.73 Å². The van der Waals surface area contributed by atoms with Gasteiger partial charge < -0.3 is 10.5 Å². The molecule has 4 heterocycles. The van der Waals surface area contributed by atoms with Gasteiger partial charge in [0.25, 0.3) is 0 Å². The van der Waals surface area contributed by atoms with Crippen LogP contribution in [0.15, 0.2) is 11.4 Å². The SMILES string of the molecule is Nc1ccsc1-c1nn2c(C3CCOCC3)nnc2s1. The summed E-state index contributed by atoms with van der Waals surface area (Å²) < 4.78 is 7.27. The molecule has 0 aliphatic carbocycles. The predicted molar refractivity (Wildman–Crippen MR) is 79.2 cm³/mol. The van der Waals surface area contributed by atoms with Crippen molar-refractivity contribution in [1.82, 2.24) is 19.8 Å². The van der Waals surface area contributed by atoms with Crippen LogP contribution in [0.4, 0.5) is 5.69 Å². The Kier molecular flexibility index (Phi) is 2.94. The van der Waals surface area contributed by atoms with E-state index in [1.54, 1.807) is 11.3 Å². The quantitative estimate of drug-likeness (QED) is 0.786. The summed E-state index contributed by atoms with van der Waals surface area (Å²) >= 11 is 3.14. The largest absolute Gasteiger partial charge is 0.397 e. The lowest BCUT2D eigenvalue weighted by Gasteiger charge is -2.19. The third-order valence-corrected chi connectivity index (χ3v) is 5.47. The second-order valence-electron chi connectivity index (χ2n) is 4.75. The summed E-state index contributed by atoms with van der Waals surface area (Å²) in [7, 11) is 0. The number of fused-ring (bicyclic) bond motifs is 1. The van der Waals surface area contributed by atoms with Crippen molar-refractivity contribution in [2.75, 3.05) is 18.9 Å². The van der Waals surface area contributed by atoms with Crippen LogP contribution in [0.2, 0.25) is 0 Å². The maximum Gasteiger partial charge on any atom is 0.235 e. The highest BCUT2D eigenvalue weighted by Gasteiger charge is 2.23. The number of nitrogen functional groups attached to an aromatic ring is 1. The van der Waals surface area contributed by atoms with Gasteiger partial charge in [0.1, 0.15) is 0 Å². The van der Waals surface area contributed by atoms with Crippen LogP contribution in [-0.2, 0) is 4.74 Å². The first-order valence-corrected chi connectivity index (χ1v) is 8.16. The van der Waals surface area contributed by atoms with E-state index in [1.165, 1.54) is 11.3 Å². The molecule has 0 radical (unpaired) electrons. The first-order chi connectivity index (χ1) is 9.83. The monoisotopic (exact) mass is 307 g/mol. The number of nitrogens with two attached hydrogens (primary N) is 1. The lowest BCUT2D eigenvalue weighted by atomic mass is 10.00. The van der Waals surface area contributed by atoms with Crippen molar-refractivity contribution in [3.8, 4) is 9.88 Å². The van der Waals surface area contributed by atoms with Gasteiger partial charge >= 0.3 is 0 Å². The van der Waals surface area contributed by atoms with Gasteiger partial charge in [-0.1, -0.05) is 11.3 Å². The minimum Gasteiger partial charge on any atom is -0.397 e. The molecule has 4 rings (SSSR count). The summed E-state index contributed by atoms with van der Waals surface area (Å²) in [6.07, 6.45) is 1.96. The summed E-state index contributed by atoms with van der Waals surface area (Å²) in [6, 6.07) is 1.90. The van der Waals surface area contributed by atoms with E-state index in [0.29, 0.717) is 5.92 Å². The topological polar surface area (TPSA) is 78.3 Å². The molecule has 8 heteroatoms. The van der Waals surface area contributed by atoms with E-state index in [1.807, 2.05) is 16.0 Å². The van der Waals surface area contributed by atoms with E-state index in [2.05, 4.69) is 15.3 Å². The van der Waals surface area contributed by atoms with Crippen LogP contribution in [0.5, 0.6) is 0 Å². The van der Waals surface area contributed by atoms with E-state index in [9.17, 15) is 0 Å². The van der Waals surface area contributed by atoms with Crippen molar-refractivity contribution >= 4 is 33.3 Å². The Morgan fingerprint density at radius 1 is 1.30 bits per heavy atom. The molecule has 1 aliphatic heterocycles. The van der Waals surface area contributed by atoms with Crippen LogP contribution >= 0.6 is 22.7 Å². The molecule has 1 aliphatic rings. The smallest absolute Gasteiger partial charge is 0.235 e. The molecule has 20 heavy (non-hydrogen) atoms. The Morgan fingerprint density at radius 2 is 2.15 bits per heavy atom. The van der Waals surface area contributed by atoms with Gasteiger partial charge in [-0.2, -0.15) is 9.61 Å². The first kappa shape index (κ1) is 12.2. The van der Waals surface area contributed by atoms with Crippen LogP contribution in [0.25, 0.3) is 14.8 Å². The molecule has 6 nitrogen and oxygen atoms in total. The lowest BCUT2D eigenvalue weighted by molar-refractivity contribution is 0.0832. The maximum absolute atomic E-state index is 5.96.